The monoisotopic (exact) mass is 328 g/mol. The van der Waals surface area contributed by atoms with Crippen molar-refractivity contribution in [2.75, 3.05) is 27.9 Å². The molecule has 1 fully saturated rings. The van der Waals surface area contributed by atoms with Gasteiger partial charge in [0.25, 0.3) is 0 Å². The Morgan fingerprint density at radius 2 is 1.73 bits per heavy atom. The predicted octanol–water partition coefficient (Wildman–Crippen LogP) is 1.83. The Labute approximate surface area is 134 Å². The minimum atomic E-state index is -1.28. The number of methoxy groups -OCH3 is 3. The number of hydrogen-bond acceptors (Lipinski definition) is 5. The molecule has 0 saturated carbocycles. The van der Waals surface area contributed by atoms with Gasteiger partial charge in [-0.2, -0.15) is 0 Å². The lowest BCUT2D eigenvalue weighted by atomic mass is 9.93. The molecule has 124 valence electrons. The van der Waals surface area contributed by atoms with Crippen molar-refractivity contribution in [3.8, 4) is 0 Å². The van der Waals surface area contributed by atoms with Gasteiger partial charge in [-0.1, -0.05) is 25.1 Å². The molecule has 6 unspecified atom stereocenters. The summed E-state index contributed by atoms with van der Waals surface area (Å²) in [7, 11) is 3.61. The maximum Gasteiger partial charge on any atom is 0.142 e. The minimum absolute atomic E-state index is 0.0657. The molecule has 5 nitrogen and oxygen atoms in total. The molecule has 1 saturated heterocycles. The number of hydrogen-bond donors (Lipinski definition) is 0. The quantitative estimate of drug-likeness (QED) is 0.797. The van der Waals surface area contributed by atoms with Crippen molar-refractivity contribution < 1.29 is 23.2 Å². The smallest absolute Gasteiger partial charge is 0.142 e. The maximum atomic E-state index is 12.9. The third-order valence-corrected chi connectivity index (χ3v) is 5.71. The molecule has 2 rings (SSSR count). The first kappa shape index (κ1) is 17.6. The van der Waals surface area contributed by atoms with E-state index in [9.17, 15) is 4.21 Å². The van der Waals surface area contributed by atoms with Crippen molar-refractivity contribution in [2.45, 2.75) is 35.6 Å². The van der Waals surface area contributed by atoms with Gasteiger partial charge in [-0.15, -0.1) is 0 Å². The molecule has 6 atom stereocenters. The highest BCUT2D eigenvalue weighted by Crippen LogP contribution is 2.33. The summed E-state index contributed by atoms with van der Waals surface area (Å²) in [5.74, 6) is -0.0657. The van der Waals surface area contributed by atoms with E-state index in [4.69, 9.17) is 18.9 Å². The molecule has 0 N–H and O–H groups in total. The second-order valence-electron chi connectivity index (χ2n) is 5.37. The number of benzene rings is 1. The Balaban J connectivity index is 2.25. The fourth-order valence-corrected chi connectivity index (χ4v) is 4.39. The molecule has 0 spiro atoms. The molecule has 22 heavy (non-hydrogen) atoms. The molecule has 1 aliphatic rings. The Hall–Kier alpha value is -0.790. The second-order valence-corrected chi connectivity index (χ2v) is 6.90. The normalized spacial score (nSPS) is 33.5. The fourth-order valence-electron chi connectivity index (χ4n) is 2.91. The van der Waals surface area contributed by atoms with E-state index in [2.05, 4.69) is 0 Å². The van der Waals surface area contributed by atoms with E-state index in [0.29, 0.717) is 6.61 Å². The van der Waals surface area contributed by atoms with Gasteiger partial charge < -0.3 is 18.9 Å². The highest BCUT2D eigenvalue weighted by Gasteiger charge is 2.46. The third-order valence-electron chi connectivity index (χ3n) is 4.01. The zero-order valence-electron chi connectivity index (χ0n) is 13.4. The molecule has 0 aliphatic carbocycles. The lowest BCUT2D eigenvalue weighted by molar-refractivity contribution is -0.202. The largest absolute Gasteiger partial charge is 0.382 e. The Bertz CT molecular complexity index is 481. The Kier molecular flexibility index (Phi) is 6.52. The molecule has 0 aromatic heterocycles. The van der Waals surface area contributed by atoms with E-state index in [0.717, 1.165) is 4.90 Å². The third kappa shape index (κ3) is 3.58. The van der Waals surface area contributed by atoms with Gasteiger partial charge in [-0.05, 0) is 12.1 Å². The zero-order chi connectivity index (χ0) is 16.1. The zero-order valence-corrected chi connectivity index (χ0v) is 14.2. The molecule has 1 aliphatic heterocycles. The highest BCUT2D eigenvalue weighted by molar-refractivity contribution is 7.85. The van der Waals surface area contributed by atoms with Crippen molar-refractivity contribution in [1.82, 2.24) is 0 Å². The van der Waals surface area contributed by atoms with Crippen LogP contribution in [0.15, 0.2) is 35.2 Å². The van der Waals surface area contributed by atoms with Gasteiger partial charge >= 0.3 is 0 Å². The van der Waals surface area contributed by atoms with E-state index >= 15 is 0 Å². The van der Waals surface area contributed by atoms with Crippen LogP contribution in [0.5, 0.6) is 0 Å². The standard InChI is InChI=1S/C16H24O5S/c1-11-14(19-3)15(20-4)13(10-18-2)21-16(11)22(17)12-8-6-5-7-9-12/h5-9,11,13-16H,10H2,1-4H3. The van der Waals surface area contributed by atoms with Crippen molar-refractivity contribution >= 4 is 10.8 Å². The van der Waals surface area contributed by atoms with Gasteiger partial charge in [0.2, 0.25) is 0 Å². The lowest BCUT2D eigenvalue weighted by Gasteiger charge is -2.43. The van der Waals surface area contributed by atoms with Crippen LogP contribution in [0.4, 0.5) is 0 Å². The van der Waals surface area contributed by atoms with Crippen LogP contribution < -0.4 is 0 Å². The number of rotatable bonds is 6. The van der Waals surface area contributed by atoms with Crippen molar-refractivity contribution in [2.24, 2.45) is 5.92 Å². The summed E-state index contributed by atoms with van der Waals surface area (Å²) in [5, 5.41) is 0. The summed E-state index contributed by atoms with van der Waals surface area (Å²) in [6.07, 6.45) is -0.755. The maximum absolute atomic E-state index is 12.9. The molecule has 1 heterocycles. The first-order valence-electron chi connectivity index (χ1n) is 7.29. The number of ether oxygens (including phenoxy) is 4. The molecule has 1 aromatic carbocycles. The summed E-state index contributed by atoms with van der Waals surface area (Å²) in [6, 6.07) is 9.35. The van der Waals surface area contributed by atoms with Crippen molar-refractivity contribution in [1.29, 1.82) is 0 Å². The molecule has 1 aromatic rings. The van der Waals surface area contributed by atoms with E-state index in [1.165, 1.54) is 0 Å². The highest BCUT2D eigenvalue weighted by atomic mass is 32.2. The van der Waals surface area contributed by atoms with Crippen molar-refractivity contribution in [3.63, 3.8) is 0 Å². The average molecular weight is 328 g/mol. The first-order chi connectivity index (χ1) is 10.6. The van der Waals surface area contributed by atoms with Crippen LogP contribution in [-0.2, 0) is 29.7 Å². The molecular formula is C16H24O5S. The van der Waals surface area contributed by atoms with Crippen molar-refractivity contribution in [3.05, 3.63) is 30.3 Å². The van der Waals surface area contributed by atoms with Crippen LogP contribution >= 0.6 is 0 Å². The summed E-state index contributed by atoms with van der Waals surface area (Å²) >= 11 is 0. The van der Waals surface area contributed by atoms with Crippen LogP contribution in [0.2, 0.25) is 0 Å². The Morgan fingerprint density at radius 1 is 1.09 bits per heavy atom. The van der Waals surface area contributed by atoms with Gasteiger partial charge in [0, 0.05) is 32.1 Å². The topological polar surface area (TPSA) is 54.0 Å². The summed E-state index contributed by atoms with van der Waals surface area (Å²) < 4.78 is 35.3. The van der Waals surface area contributed by atoms with Gasteiger partial charge in [0.05, 0.1) is 23.5 Å². The van der Waals surface area contributed by atoms with E-state index in [1.54, 1.807) is 21.3 Å². The van der Waals surface area contributed by atoms with Crippen LogP contribution in [0.1, 0.15) is 6.92 Å². The molecule has 0 amide bonds. The van der Waals surface area contributed by atoms with E-state index < -0.39 is 16.2 Å². The Morgan fingerprint density at radius 3 is 2.27 bits per heavy atom. The lowest BCUT2D eigenvalue weighted by Crippen LogP contribution is -2.57. The van der Waals surface area contributed by atoms with Gasteiger partial charge in [0.1, 0.15) is 17.6 Å². The van der Waals surface area contributed by atoms with Crippen LogP contribution in [-0.4, -0.2) is 55.9 Å². The van der Waals surface area contributed by atoms with E-state index in [-0.39, 0.29) is 24.2 Å². The summed E-state index contributed by atoms with van der Waals surface area (Å²) in [6.45, 7) is 2.35. The molecule has 0 bridgehead atoms. The molecule has 0 radical (unpaired) electrons. The van der Waals surface area contributed by atoms with E-state index in [1.807, 2.05) is 37.3 Å². The van der Waals surface area contributed by atoms with Gasteiger partial charge in [0.15, 0.2) is 0 Å². The predicted molar refractivity (Wildman–Crippen MR) is 84.1 cm³/mol. The molecular weight excluding hydrogens is 304 g/mol. The fraction of sp³-hybridized carbons (Fsp3) is 0.625. The average Bonchev–Trinajstić information content (AvgIpc) is 2.56. The van der Waals surface area contributed by atoms with Crippen LogP contribution in [0, 0.1) is 5.92 Å². The molecule has 6 heteroatoms. The second kappa shape index (κ2) is 8.17. The van der Waals surface area contributed by atoms with Gasteiger partial charge in [-0.3, -0.25) is 4.21 Å². The summed E-state index contributed by atoms with van der Waals surface area (Å²) in [5.41, 5.74) is -0.459. The summed E-state index contributed by atoms with van der Waals surface area (Å²) in [4.78, 5) is 0.751. The SMILES string of the molecule is COCC1OC(S(=O)c2ccccc2)C(C)C(OC)C1OC. The van der Waals surface area contributed by atoms with Gasteiger partial charge in [-0.25, -0.2) is 0 Å². The van der Waals surface area contributed by atoms with Crippen LogP contribution in [0.25, 0.3) is 0 Å². The minimum Gasteiger partial charge on any atom is -0.382 e. The first-order valence-corrected chi connectivity index (χ1v) is 8.51. The van der Waals surface area contributed by atoms with Crippen LogP contribution in [0.3, 0.4) is 0 Å².